The van der Waals surface area contributed by atoms with Gasteiger partial charge < -0.3 is 43.0 Å². The third-order valence-corrected chi connectivity index (χ3v) is 10.3. The molecule has 16 heteroatoms. The summed E-state index contributed by atoms with van der Waals surface area (Å²) in [6.45, 7) is 10.8. The third kappa shape index (κ3) is 10.2. The first kappa shape index (κ1) is 42.4. The predicted octanol–water partition coefficient (Wildman–Crippen LogP) is 8.04. The SMILES string of the molecule is CCC[C@H](C)Oc1nc(N(Cc2ccc(OC)cc2OC)Cc2ccc(OC)cc2OC)c2ncc(C(OC(=S)SC)C3CCCN3C(=O)OC(C)(C)C)n2n1. The van der Waals surface area contributed by atoms with Gasteiger partial charge in [0.15, 0.2) is 17.6 Å². The van der Waals surface area contributed by atoms with E-state index in [2.05, 4.69) is 11.8 Å². The smallest absolute Gasteiger partial charge is 0.410 e. The number of fused-ring (bicyclic) bond motifs is 1. The number of nitrogens with zero attached hydrogens (tertiary/aromatic N) is 6. The van der Waals surface area contributed by atoms with Crippen molar-refractivity contribution in [2.75, 3.05) is 46.1 Å². The molecule has 1 fully saturated rings. The van der Waals surface area contributed by atoms with Crippen molar-refractivity contribution >= 4 is 45.9 Å². The molecule has 0 spiro atoms. The Kier molecular flexibility index (Phi) is 14.4. The van der Waals surface area contributed by atoms with Gasteiger partial charge in [-0.05, 0) is 89.7 Å². The van der Waals surface area contributed by atoms with Crippen LogP contribution in [0.5, 0.6) is 29.0 Å². The minimum absolute atomic E-state index is 0.155. The summed E-state index contributed by atoms with van der Waals surface area (Å²) in [4.78, 5) is 27.4. The Morgan fingerprint density at radius 1 is 1.00 bits per heavy atom. The molecule has 2 unspecified atom stereocenters. The second-order valence-electron chi connectivity index (χ2n) is 14.4. The highest BCUT2D eigenvalue weighted by molar-refractivity contribution is 8.22. The van der Waals surface area contributed by atoms with Crippen LogP contribution >= 0.6 is 24.0 Å². The van der Waals surface area contributed by atoms with Crippen molar-refractivity contribution in [3.05, 3.63) is 59.4 Å². The molecule has 14 nitrogen and oxygen atoms in total. The number of benzene rings is 2. The summed E-state index contributed by atoms with van der Waals surface area (Å²) in [5, 5.41) is 4.93. The van der Waals surface area contributed by atoms with Crippen LogP contribution in [0, 0.1) is 0 Å². The van der Waals surface area contributed by atoms with Crippen LogP contribution in [0.2, 0.25) is 0 Å². The maximum Gasteiger partial charge on any atom is 0.410 e. The molecule has 1 aliphatic rings. The van der Waals surface area contributed by atoms with E-state index >= 15 is 0 Å². The molecule has 3 atom stereocenters. The summed E-state index contributed by atoms with van der Waals surface area (Å²) in [5.74, 6) is 3.10. The number of amides is 1. The summed E-state index contributed by atoms with van der Waals surface area (Å²) in [6, 6.07) is 11.1. The molecule has 0 bridgehead atoms. The molecule has 0 N–H and O–H groups in total. The van der Waals surface area contributed by atoms with E-state index in [0.29, 0.717) is 70.6 Å². The van der Waals surface area contributed by atoms with Gasteiger partial charge in [-0.25, -0.2) is 14.3 Å². The van der Waals surface area contributed by atoms with Gasteiger partial charge in [-0.15, -0.1) is 5.10 Å². The molecule has 1 saturated heterocycles. The lowest BCUT2D eigenvalue weighted by atomic mass is 10.1. The summed E-state index contributed by atoms with van der Waals surface area (Å²) in [6.07, 6.45) is 5.36. The number of thiocarbonyl (C=S) groups is 1. The molecule has 304 valence electrons. The summed E-state index contributed by atoms with van der Waals surface area (Å²) < 4.78 is 43.5. The molecule has 56 heavy (non-hydrogen) atoms. The van der Waals surface area contributed by atoms with E-state index in [1.165, 1.54) is 11.8 Å². The average Bonchev–Trinajstić information content (AvgIpc) is 3.84. The molecule has 5 rings (SSSR count). The van der Waals surface area contributed by atoms with Gasteiger partial charge in [-0.2, -0.15) is 4.98 Å². The maximum absolute atomic E-state index is 13.6. The largest absolute Gasteiger partial charge is 0.497 e. The zero-order chi connectivity index (χ0) is 40.6. The van der Waals surface area contributed by atoms with Crippen molar-refractivity contribution in [3.8, 4) is 29.0 Å². The maximum atomic E-state index is 13.6. The first-order valence-electron chi connectivity index (χ1n) is 18.7. The molecule has 0 radical (unpaired) electrons. The van der Waals surface area contributed by atoms with E-state index in [0.717, 1.165) is 30.4 Å². The molecular weight excluding hydrogens is 757 g/mol. The minimum atomic E-state index is -0.736. The number of aromatic nitrogens is 4. The van der Waals surface area contributed by atoms with Crippen LogP contribution in [0.1, 0.15) is 83.2 Å². The van der Waals surface area contributed by atoms with Crippen molar-refractivity contribution in [2.45, 2.75) is 97.2 Å². The molecular formula is C40H54N6O8S2. The van der Waals surface area contributed by atoms with E-state index in [1.54, 1.807) is 44.1 Å². The van der Waals surface area contributed by atoms with Gasteiger partial charge in [-0.1, -0.05) is 25.1 Å². The molecule has 3 heterocycles. The highest BCUT2D eigenvalue weighted by Gasteiger charge is 2.41. The van der Waals surface area contributed by atoms with Gasteiger partial charge in [-0.3, -0.25) is 0 Å². The molecule has 1 aliphatic heterocycles. The number of carbonyl (C=O) groups excluding carboxylic acids is 1. The number of ether oxygens (including phenoxy) is 7. The molecule has 0 aliphatic carbocycles. The number of hydrogen-bond acceptors (Lipinski definition) is 14. The second kappa shape index (κ2) is 19.0. The number of thioether (sulfide) groups is 1. The van der Waals surface area contributed by atoms with Crippen LogP contribution in [-0.4, -0.2) is 93.9 Å². The van der Waals surface area contributed by atoms with E-state index in [-0.39, 0.29) is 12.1 Å². The zero-order valence-electron chi connectivity index (χ0n) is 34.0. The summed E-state index contributed by atoms with van der Waals surface area (Å²) in [7, 11) is 6.49. The molecule has 4 aromatic rings. The number of likely N-dealkylation sites (tertiary alicyclic amines) is 1. The fourth-order valence-corrected chi connectivity index (χ4v) is 6.99. The van der Waals surface area contributed by atoms with Gasteiger partial charge in [0.1, 0.15) is 34.3 Å². The molecule has 0 saturated carbocycles. The standard InChI is InChI=1S/C40H54N6O8S2/c1-11-13-25(2)52-37-42-36(44(23-26-15-17-28(48-6)20-32(26)50-8)24-27-16-18-29(49-7)21-33(27)51-9)35-41-22-31(46(35)43-37)34(53-39(55)56-10)30-14-12-19-45(30)38(47)54-40(3,4)5/h15-18,20-22,25,30,34H,11-14,19,23-24H2,1-10H3/t25-,30?,34?/m0/s1. The Morgan fingerprint density at radius 3 is 2.16 bits per heavy atom. The molecule has 2 aromatic heterocycles. The highest BCUT2D eigenvalue weighted by atomic mass is 32.2. The van der Waals surface area contributed by atoms with Crippen molar-refractivity contribution < 1.29 is 38.0 Å². The first-order chi connectivity index (χ1) is 26.8. The Labute approximate surface area is 339 Å². The van der Waals surface area contributed by atoms with Gasteiger partial charge in [0.25, 0.3) is 0 Å². The first-order valence-corrected chi connectivity index (χ1v) is 20.3. The number of methoxy groups -OCH3 is 4. The van der Waals surface area contributed by atoms with Crippen LogP contribution in [0.3, 0.4) is 0 Å². The summed E-state index contributed by atoms with van der Waals surface area (Å²) >= 11 is 6.94. The lowest BCUT2D eigenvalue weighted by Crippen LogP contribution is -2.43. The fourth-order valence-electron chi connectivity index (χ4n) is 6.69. The van der Waals surface area contributed by atoms with Gasteiger partial charge >= 0.3 is 12.1 Å². The van der Waals surface area contributed by atoms with Gasteiger partial charge in [0.2, 0.25) is 4.38 Å². The monoisotopic (exact) mass is 810 g/mol. The normalized spacial score (nSPS) is 15.2. The highest BCUT2D eigenvalue weighted by Crippen LogP contribution is 2.38. The Balaban J connectivity index is 1.72. The van der Waals surface area contributed by atoms with Crippen molar-refractivity contribution in [3.63, 3.8) is 0 Å². The topological polar surface area (TPSA) is 131 Å². The van der Waals surface area contributed by atoms with E-state index < -0.39 is 23.8 Å². The predicted molar refractivity (Wildman–Crippen MR) is 221 cm³/mol. The Hall–Kier alpha value is -4.70. The van der Waals surface area contributed by atoms with E-state index in [1.807, 2.05) is 70.3 Å². The molecule has 1 amide bonds. The van der Waals surface area contributed by atoms with Gasteiger partial charge in [0, 0.05) is 42.9 Å². The Bertz CT molecular complexity index is 1910. The van der Waals surface area contributed by atoms with Gasteiger partial charge in [0.05, 0.1) is 46.8 Å². The third-order valence-electron chi connectivity index (χ3n) is 9.32. The zero-order valence-corrected chi connectivity index (χ0v) is 35.6. The van der Waals surface area contributed by atoms with Crippen LogP contribution in [0.25, 0.3) is 5.65 Å². The average molecular weight is 811 g/mol. The Morgan fingerprint density at radius 2 is 1.62 bits per heavy atom. The number of anilines is 1. The van der Waals surface area contributed by atoms with Crippen LogP contribution in [0.4, 0.5) is 10.6 Å². The van der Waals surface area contributed by atoms with E-state index in [4.69, 9.17) is 60.4 Å². The number of hydrogen-bond donors (Lipinski definition) is 0. The van der Waals surface area contributed by atoms with Crippen molar-refractivity contribution in [1.82, 2.24) is 24.5 Å². The number of imidazole rings is 1. The second-order valence-corrected chi connectivity index (χ2v) is 15.8. The lowest BCUT2D eigenvalue weighted by molar-refractivity contribution is 0.00740. The minimum Gasteiger partial charge on any atom is -0.497 e. The van der Waals surface area contributed by atoms with Crippen LogP contribution in [0.15, 0.2) is 42.6 Å². The van der Waals surface area contributed by atoms with Crippen molar-refractivity contribution in [1.29, 1.82) is 0 Å². The summed E-state index contributed by atoms with van der Waals surface area (Å²) in [5.41, 5.74) is 2.09. The van der Waals surface area contributed by atoms with Crippen LogP contribution < -0.4 is 28.6 Å². The number of rotatable bonds is 16. The fraction of sp³-hybridized carbons (Fsp3) is 0.525. The van der Waals surface area contributed by atoms with Crippen LogP contribution in [-0.2, 0) is 22.6 Å². The van der Waals surface area contributed by atoms with Crippen molar-refractivity contribution in [2.24, 2.45) is 0 Å². The van der Waals surface area contributed by atoms with E-state index in [9.17, 15) is 4.79 Å². The lowest BCUT2D eigenvalue weighted by Gasteiger charge is -2.33. The quantitative estimate of drug-likeness (QED) is 0.101. The molecule has 2 aromatic carbocycles. The number of carbonyl (C=O) groups is 1.